The highest BCUT2D eigenvalue weighted by molar-refractivity contribution is 5.91. The van der Waals surface area contributed by atoms with Gasteiger partial charge in [0.25, 0.3) is 0 Å². The van der Waals surface area contributed by atoms with E-state index >= 15 is 0 Å². The maximum atomic E-state index is 12.1. The molecule has 2 heterocycles. The number of hydrogen-bond donors (Lipinski definition) is 1. The van der Waals surface area contributed by atoms with Gasteiger partial charge in [-0.3, -0.25) is 4.79 Å². The lowest BCUT2D eigenvalue weighted by atomic mass is 10.0. The minimum Gasteiger partial charge on any atom is -0.356 e. The Balaban J connectivity index is 1.49. The van der Waals surface area contributed by atoms with Crippen molar-refractivity contribution in [1.82, 2.24) is 15.3 Å². The number of aromatic nitrogens is 2. The Morgan fingerprint density at radius 2 is 2.00 bits per heavy atom. The van der Waals surface area contributed by atoms with Crippen molar-refractivity contribution in [2.45, 2.75) is 32.2 Å². The van der Waals surface area contributed by atoms with Crippen LogP contribution in [-0.4, -0.2) is 35.0 Å². The molecule has 130 valence electrons. The Bertz CT molecular complexity index is 721. The third-order valence-corrected chi connectivity index (χ3v) is 4.46. The lowest BCUT2D eigenvalue weighted by Crippen LogP contribution is -2.44. The highest BCUT2D eigenvalue weighted by Gasteiger charge is 2.21. The SMILES string of the molecule is CCc1cc(N2CCC(NC(=O)/C=C\c3ccccc3)CC2)ncn1. The number of carbonyl (C=O) groups is 1. The number of nitrogens with zero attached hydrogens (tertiary/aromatic N) is 3. The second-order valence-electron chi connectivity index (χ2n) is 6.24. The van der Waals surface area contributed by atoms with Crippen LogP contribution in [-0.2, 0) is 11.2 Å². The van der Waals surface area contributed by atoms with Crippen molar-refractivity contribution in [3.05, 3.63) is 60.1 Å². The van der Waals surface area contributed by atoms with Gasteiger partial charge in [-0.25, -0.2) is 9.97 Å². The third kappa shape index (κ3) is 4.89. The minimum atomic E-state index is -0.0300. The van der Waals surface area contributed by atoms with Crippen molar-refractivity contribution in [2.75, 3.05) is 18.0 Å². The van der Waals surface area contributed by atoms with E-state index in [0.717, 1.165) is 49.4 Å². The average molecular weight is 336 g/mol. The summed E-state index contributed by atoms with van der Waals surface area (Å²) >= 11 is 0. The molecule has 1 aliphatic heterocycles. The van der Waals surface area contributed by atoms with E-state index in [-0.39, 0.29) is 11.9 Å². The normalized spacial score (nSPS) is 15.5. The van der Waals surface area contributed by atoms with Gasteiger partial charge in [0.2, 0.25) is 5.91 Å². The van der Waals surface area contributed by atoms with Crippen molar-refractivity contribution in [3.8, 4) is 0 Å². The number of hydrogen-bond acceptors (Lipinski definition) is 4. The molecule has 0 radical (unpaired) electrons. The molecule has 0 aliphatic carbocycles. The average Bonchev–Trinajstić information content (AvgIpc) is 2.68. The van der Waals surface area contributed by atoms with Gasteiger partial charge < -0.3 is 10.2 Å². The zero-order chi connectivity index (χ0) is 17.5. The molecule has 3 rings (SSSR count). The summed E-state index contributed by atoms with van der Waals surface area (Å²) in [6, 6.07) is 12.1. The van der Waals surface area contributed by atoms with Crippen LogP contribution in [0.1, 0.15) is 31.0 Å². The van der Waals surface area contributed by atoms with Gasteiger partial charge in [-0.1, -0.05) is 37.3 Å². The van der Waals surface area contributed by atoms with Gasteiger partial charge >= 0.3 is 0 Å². The molecule has 5 heteroatoms. The van der Waals surface area contributed by atoms with E-state index in [2.05, 4.69) is 33.2 Å². The maximum Gasteiger partial charge on any atom is 0.244 e. The van der Waals surface area contributed by atoms with Gasteiger partial charge in [-0.2, -0.15) is 0 Å². The van der Waals surface area contributed by atoms with E-state index in [0.29, 0.717) is 0 Å². The predicted octanol–water partition coefficient (Wildman–Crippen LogP) is 2.84. The number of benzene rings is 1. The summed E-state index contributed by atoms with van der Waals surface area (Å²) in [7, 11) is 0. The molecule has 0 spiro atoms. The first-order valence-corrected chi connectivity index (χ1v) is 8.84. The van der Waals surface area contributed by atoms with Gasteiger partial charge in [0.15, 0.2) is 0 Å². The van der Waals surface area contributed by atoms with Crippen molar-refractivity contribution < 1.29 is 4.79 Å². The van der Waals surface area contributed by atoms with E-state index in [4.69, 9.17) is 0 Å². The molecular weight excluding hydrogens is 312 g/mol. The summed E-state index contributed by atoms with van der Waals surface area (Å²) < 4.78 is 0. The first-order valence-electron chi connectivity index (χ1n) is 8.84. The minimum absolute atomic E-state index is 0.0300. The van der Waals surface area contributed by atoms with Crippen molar-refractivity contribution in [1.29, 1.82) is 0 Å². The van der Waals surface area contributed by atoms with Crippen molar-refractivity contribution in [2.24, 2.45) is 0 Å². The molecule has 1 aromatic heterocycles. The second kappa shape index (κ2) is 8.42. The topological polar surface area (TPSA) is 58.1 Å². The highest BCUT2D eigenvalue weighted by atomic mass is 16.1. The fraction of sp³-hybridized carbons (Fsp3) is 0.350. The van der Waals surface area contributed by atoms with Crippen LogP contribution in [0, 0.1) is 0 Å². The Labute approximate surface area is 148 Å². The smallest absolute Gasteiger partial charge is 0.244 e. The summed E-state index contributed by atoms with van der Waals surface area (Å²) in [6.45, 7) is 3.89. The van der Waals surface area contributed by atoms with E-state index < -0.39 is 0 Å². The molecule has 1 fully saturated rings. The summed E-state index contributed by atoms with van der Waals surface area (Å²) in [6.07, 6.45) is 7.86. The molecule has 1 N–H and O–H groups in total. The molecule has 0 atom stereocenters. The Morgan fingerprint density at radius 3 is 2.72 bits per heavy atom. The van der Waals surface area contributed by atoms with E-state index in [1.165, 1.54) is 0 Å². The zero-order valence-corrected chi connectivity index (χ0v) is 14.6. The number of aryl methyl sites for hydroxylation is 1. The standard InChI is InChI=1S/C20H24N4O/c1-2-17-14-19(22-15-21-17)24-12-10-18(11-13-24)23-20(25)9-8-16-6-4-3-5-7-16/h3-9,14-15,18H,2,10-13H2,1H3,(H,23,25)/b9-8-. The first kappa shape index (κ1) is 17.1. The number of carbonyl (C=O) groups excluding carboxylic acids is 1. The molecule has 1 aromatic carbocycles. The number of piperidine rings is 1. The fourth-order valence-corrected chi connectivity index (χ4v) is 2.99. The quantitative estimate of drug-likeness (QED) is 0.853. The molecule has 0 unspecified atom stereocenters. The molecule has 1 saturated heterocycles. The molecule has 1 aliphatic rings. The van der Waals surface area contributed by atoms with Crippen molar-refractivity contribution in [3.63, 3.8) is 0 Å². The number of amides is 1. The first-order chi connectivity index (χ1) is 12.2. The maximum absolute atomic E-state index is 12.1. The largest absolute Gasteiger partial charge is 0.356 e. The lowest BCUT2D eigenvalue weighted by molar-refractivity contribution is -0.117. The van der Waals surface area contributed by atoms with Crippen LogP contribution in [0.3, 0.4) is 0 Å². The number of anilines is 1. The Morgan fingerprint density at radius 1 is 1.24 bits per heavy atom. The van der Waals surface area contributed by atoms with Gasteiger partial charge in [0, 0.05) is 37.0 Å². The molecule has 0 bridgehead atoms. The Kier molecular flexibility index (Phi) is 5.77. The van der Waals surface area contributed by atoms with Gasteiger partial charge in [0.1, 0.15) is 12.1 Å². The number of rotatable bonds is 5. The van der Waals surface area contributed by atoms with Gasteiger partial charge in [0.05, 0.1) is 0 Å². The number of nitrogens with one attached hydrogen (secondary N) is 1. The molecule has 25 heavy (non-hydrogen) atoms. The fourth-order valence-electron chi connectivity index (χ4n) is 2.99. The van der Waals surface area contributed by atoms with Crippen LogP contribution in [0.2, 0.25) is 0 Å². The van der Waals surface area contributed by atoms with Crippen LogP contribution < -0.4 is 10.2 Å². The van der Waals surface area contributed by atoms with Gasteiger partial charge in [-0.15, -0.1) is 0 Å². The van der Waals surface area contributed by atoms with E-state index in [9.17, 15) is 4.79 Å². The molecular formula is C20H24N4O. The highest BCUT2D eigenvalue weighted by Crippen LogP contribution is 2.18. The lowest BCUT2D eigenvalue weighted by Gasteiger charge is -2.33. The van der Waals surface area contributed by atoms with E-state index in [1.807, 2.05) is 36.4 Å². The van der Waals surface area contributed by atoms with Crippen LogP contribution in [0.25, 0.3) is 6.08 Å². The predicted molar refractivity (Wildman–Crippen MR) is 100 cm³/mol. The molecule has 1 amide bonds. The van der Waals surface area contributed by atoms with Crippen LogP contribution in [0.15, 0.2) is 48.8 Å². The molecule has 5 nitrogen and oxygen atoms in total. The summed E-state index contributed by atoms with van der Waals surface area (Å²) in [5, 5.41) is 3.10. The summed E-state index contributed by atoms with van der Waals surface area (Å²) in [4.78, 5) is 23.0. The van der Waals surface area contributed by atoms with Crippen molar-refractivity contribution >= 4 is 17.8 Å². The summed E-state index contributed by atoms with van der Waals surface area (Å²) in [5.41, 5.74) is 2.09. The van der Waals surface area contributed by atoms with Crippen LogP contribution >= 0.6 is 0 Å². The second-order valence-corrected chi connectivity index (χ2v) is 6.24. The summed E-state index contributed by atoms with van der Waals surface area (Å²) in [5.74, 6) is 0.957. The van der Waals surface area contributed by atoms with E-state index in [1.54, 1.807) is 12.4 Å². The molecule has 0 saturated carbocycles. The van der Waals surface area contributed by atoms with Crippen LogP contribution in [0.5, 0.6) is 0 Å². The molecule has 2 aromatic rings. The Hall–Kier alpha value is -2.69. The third-order valence-electron chi connectivity index (χ3n) is 4.46. The van der Waals surface area contributed by atoms with Crippen LogP contribution in [0.4, 0.5) is 5.82 Å². The zero-order valence-electron chi connectivity index (χ0n) is 14.6. The van der Waals surface area contributed by atoms with Gasteiger partial charge in [-0.05, 0) is 30.9 Å². The monoisotopic (exact) mass is 336 g/mol.